The lowest BCUT2D eigenvalue weighted by molar-refractivity contribution is -0.0865. The summed E-state index contributed by atoms with van der Waals surface area (Å²) in [5.74, 6) is 2.06. The number of ether oxygens (including phenoxy) is 1. The smallest absolute Gasteiger partial charge is 0.126 e. The minimum atomic E-state index is -0.296. The van der Waals surface area contributed by atoms with Crippen molar-refractivity contribution >= 4 is 29.1 Å². The summed E-state index contributed by atoms with van der Waals surface area (Å²) in [7, 11) is 0. The summed E-state index contributed by atoms with van der Waals surface area (Å²) in [4.78, 5) is 0. The molecule has 2 nitrogen and oxygen atoms in total. The molecule has 0 aromatic heterocycles. The quantitative estimate of drug-likeness (QED) is 0.877. The Morgan fingerprint density at radius 1 is 1.30 bits per heavy atom. The van der Waals surface area contributed by atoms with Gasteiger partial charge in [-0.3, -0.25) is 0 Å². The third-order valence-corrected chi connectivity index (χ3v) is 5.33. The van der Waals surface area contributed by atoms with Crippen molar-refractivity contribution in [3.63, 3.8) is 0 Å². The van der Waals surface area contributed by atoms with E-state index < -0.39 is 0 Å². The summed E-state index contributed by atoms with van der Waals surface area (Å²) in [6, 6.07) is 4.95. The summed E-state index contributed by atoms with van der Waals surface area (Å²) < 4.78 is 19.4. The highest BCUT2D eigenvalue weighted by Gasteiger charge is 2.38. The van der Waals surface area contributed by atoms with Gasteiger partial charge < -0.3 is 10.1 Å². The number of benzene rings is 1. The van der Waals surface area contributed by atoms with Crippen molar-refractivity contribution in [2.24, 2.45) is 0 Å². The van der Waals surface area contributed by atoms with Gasteiger partial charge in [-0.25, -0.2) is 4.39 Å². The Morgan fingerprint density at radius 3 is 2.85 bits per heavy atom. The maximum atomic E-state index is 13.4. The first-order chi connectivity index (χ1) is 9.65. The minimum absolute atomic E-state index is 0.0400. The van der Waals surface area contributed by atoms with E-state index >= 15 is 0 Å². The predicted octanol–water partition coefficient (Wildman–Crippen LogP) is 4.34. The number of thioether (sulfide) groups is 1. The molecule has 110 valence electrons. The lowest BCUT2D eigenvalue weighted by atomic mass is 9.85. The van der Waals surface area contributed by atoms with Crippen molar-refractivity contribution in [3.05, 3.63) is 29.0 Å². The van der Waals surface area contributed by atoms with Gasteiger partial charge in [-0.15, -0.1) is 0 Å². The van der Waals surface area contributed by atoms with Crippen LogP contribution in [0.2, 0.25) is 5.02 Å². The number of hydrogen-bond acceptors (Lipinski definition) is 3. The van der Waals surface area contributed by atoms with Crippen LogP contribution >= 0.6 is 23.4 Å². The molecule has 0 amide bonds. The van der Waals surface area contributed by atoms with E-state index in [2.05, 4.69) is 5.32 Å². The molecule has 2 heterocycles. The van der Waals surface area contributed by atoms with Crippen molar-refractivity contribution in [2.45, 2.75) is 37.3 Å². The Hall–Kier alpha value is -0.450. The van der Waals surface area contributed by atoms with Crippen molar-refractivity contribution in [1.29, 1.82) is 0 Å². The fourth-order valence-electron chi connectivity index (χ4n) is 3.12. The molecule has 20 heavy (non-hydrogen) atoms. The second-order valence-electron chi connectivity index (χ2n) is 5.64. The Bertz CT molecular complexity index is 453. The van der Waals surface area contributed by atoms with E-state index in [1.165, 1.54) is 23.6 Å². The average molecular weight is 316 g/mol. The maximum Gasteiger partial charge on any atom is 0.126 e. The van der Waals surface area contributed by atoms with E-state index in [9.17, 15) is 4.39 Å². The zero-order valence-electron chi connectivity index (χ0n) is 11.3. The van der Waals surface area contributed by atoms with Gasteiger partial charge in [0, 0.05) is 23.4 Å². The van der Waals surface area contributed by atoms with Crippen molar-refractivity contribution in [2.75, 3.05) is 23.4 Å². The average Bonchev–Trinajstić information content (AvgIpc) is 2.38. The van der Waals surface area contributed by atoms with Gasteiger partial charge in [0.05, 0.1) is 5.60 Å². The summed E-state index contributed by atoms with van der Waals surface area (Å²) >= 11 is 7.91. The highest BCUT2D eigenvalue weighted by molar-refractivity contribution is 7.99. The second-order valence-corrected chi connectivity index (χ2v) is 7.30. The van der Waals surface area contributed by atoms with Gasteiger partial charge in [0.15, 0.2) is 0 Å². The summed E-state index contributed by atoms with van der Waals surface area (Å²) in [5.41, 5.74) is 0.806. The van der Waals surface area contributed by atoms with Crippen LogP contribution in [0, 0.1) is 5.82 Å². The fourth-order valence-corrected chi connectivity index (χ4v) is 4.57. The van der Waals surface area contributed by atoms with E-state index in [-0.39, 0.29) is 11.4 Å². The standard InChI is InChI=1S/C15H19ClFNOS/c16-11-7-12(17)9-14(8-11)18-13-1-4-19-15(10-13)2-5-20-6-3-15/h7-9,13,18H,1-6,10H2. The molecule has 0 radical (unpaired) electrons. The van der Waals surface area contributed by atoms with Crippen LogP contribution in [0.4, 0.5) is 10.1 Å². The van der Waals surface area contributed by atoms with E-state index in [0.717, 1.165) is 38.0 Å². The molecule has 0 bridgehead atoms. The van der Waals surface area contributed by atoms with Gasteiger partial charge in [-0.1, -0.05) is 11.6 Å². The van der Waals surface area contributed by atoms with E-state index in [1.54, 1.807) is 6.07 Å². The molecule has 2 aliphatic rings. The van der Waals surface area contributed by atoms with Crippen LogP contribution in [0.25, 0.3) is 0 Å². The van der Waals surface area contributed by atoms with Crippen molar-refractivity contribution < 1.29 is 9.13 Å². The third-order valence-electron chi connectivity index (χ3n) is 4.13. The van der Waals surface area contributed by atoms with Gasteiger partial charge in [0.1, 0.15) is 5.82 Å². The first kappa shape index (κ1) is 14.5. The zero-order chi connectivity index (χ0) is 14.0. The zero-order valence-corrected chi connectivity index (χ0v) is 12.9. The maximum absolute atomic E-state index is 13.4. The van der Waals surface area contributed by atoms with E-state index in [1.807, 2.05) is 11.8 Å². The molecule has 0 aliphatic carbocycles. The number of rotatable bonds is 2. The topological polar surface area (TPSA) is 21.3 Å². The van der Waals surface area contributed by atoms with Crippen LogP contribution in [0.3, 0.4) is 0 Å². The number of anilines is 1. The Balaban J connectivity index is 1.67. The lowest BCUT2D eigenvalue weighted by Crippen LogP contribution is -2.46. The summed E-state index contributed by atoms with van der Waals surface area (Å²) in [5, 5.41) is 3.86. The van der Waals surface area contributed by atoms with Gasteiger partial charge in [-0.2, -0.15) is 11.8 Å². The van der Waals surface area contributed by atoms with Crippen LogP contribution in [0.15, 0.2) is 18.2 Å². The van der Waals surface area contributed by atoms with Crippen LogP contribution < -0.4 is 5.32 Å². The van der Waals surface area contributed by atoms with E-state index in [0.29, 0.717) is 11.1 Å². The summed E-state index contributed by atoms with van der Waals surface area (Å²) in [6.07, 6.45) is 4.21. The van der Waals surface area contributed by atoms with Crippen molar-refractivity contribution in [1.82, 2.24) is 0 Å². The molecule has 1 N–H and O–H groups in total. The molecule has 2 aliphatic heterocycles. The highest BCUT2D eigenvalue weighted by Crippen LogP contribution is 2.38. The highest BCUT2D eigenvalue weighted by atomic mass is 35.5. The molecule has 5 heteroatoms. The molecule has 1 atom stereocenters. The van der Waals surface area contributed by atoms with Crippen LogP contribution in [-0.2, 0) is 4.74 Å². The van der Waals surface area contributed by atoms with Gasteiger partial charge in [0.25, 0.3) is 0 Å². The molecule has 1 unspecified atom stereocenters. The van der Waals surface area contributed by atoms with Crippen LogP contribution in [0.1, 0.15) is 25.7 Å². The molecule has 0 saturated carbocycles. The van der Waals surface area contributed by atoms with Crippen molar-refractivity contribution in [3.8, 4) is 0 Å². The molecular formula is C15H19ClFNOS. The normalized spacial score (nSPS) is 25.6. The third kappa shape index (κ3) is 3.41. The largest absolute Gasteiger partial charge is 0.382 e. The molecule has 1 aromatic carbocycles. The van der Waals surface area contributed by atoms with E-state index in [4.69, 9.17) is 16.3 Å². The summed E-state index contributed by atoms with van der Waals surface area (Å²) in [6.45, 7) is 0.783. The fraction of sp³-hybridized carbons (Fsp3) is 0.600. The Kier molecular flexibility index (Phi) is 4.43. The van der Waals surface area contributed by atoms with Gasteiger partial charge in [-0.05, 0) is 55.4 Å². The molecule has 2 fully saturated rings. The second kappa shape index (κ2) is 6.12. The number of hydrogen-bond donors (Lipinski definition) is 1. The predicted molar refractivity (Wildman–Crippen MR) is 83.3 cm³/mol. The van der Waals surface area contributed by atoms with Crippen LogP contribution in [-0.4, -0.2) is 29.8 Å². The SMILES string of the molecule is Fc1cc(Cl)cc(NC2CCOC3(CCSCC3)C2)c1. The lowest BCUT2D eigenvalue weighted by Gasteiger charge is -2.43. The molecule has 1 spiro atoms. The molecule has 3 rings (SSSR count). The molecular weight excluding hydrogens is 297 g/mol. The number of nitrogens with one attached hydrogen (secondary N) is 1. The first-order valence-electron chi connectivity index (χ1n) is 7.10. The monoisotopic (exact) mass is 315 g/mol. The van der Waals surface area contributed by atoms with Gasteiger partial charge in [0.2, 0.25) is 0 Å². The Morgan fingerprint density at radius 2 is 2.10 bits per heavy atom. The number of halogens is 2. The van der Waals surface area contributed by atoms with Crippen LogP contribution in [0.5, 0.6) is 0 Å². The molecule has 2 saturated heterocycles. The van der Waals surface area contributed by atoms with Gasteiger partial charge >= 0.3 is 0 Å². The first-order valence-corrected chi connectivity index (χ1v) is 8.63. The Labute approximate surface area is 128 Å². The molecule has 1 aromatic rings. The minimum Gasteiger partial charge on any atom is -0.382 e.